The minimum absolute atomic E-state index is 0.612. The van der Waals surface area contributed by atoms with Crippen LogP contribution in [0.2, 0.25) is 0 Å². The van der Waals surface area contributed by atoms with E-state index in [9.17, 15) is 0 Å². The van der Waals surface area contributed by atoms with Crippen molar-refractivity contribution in [3.05, 3.63) is 224 Å². The molecule has 0 aliphatic heterocycles. The highest BCUT2D eigenvalue weighted by Gasteiger charge is 2.18. The van der Waals surface area contributed by atoms with Gasteiger partial charge in [0, 0.05) is 54.9 Å². The first-order valence-corrected chi connectivity index (χ1v) is 21.2. The molecule has 0 fully saturated rings. The lowest BCUT2D eigenvalue weighted by Crippen LogP contribution is -2.01. The molecule has 3 aromatic heterocycles. The second kappa shape index (κ2) is 15.2. The van der Waals surface area contributed by atoms with E-state index in [-0.39, 0.29) is 0 Å². The molecule has 9 aromatic carbocycles. The number of aromatic nitrogens is 5. The van der Waals surface area contributed by atoms with Gasteiger partial charge >= 0.3 is 0 Å². The lowest BCUT2D eigenvalue weighted by atomic mass is 9.91. The summed E-state index contributed by atoms with van der Waals surface area (Å²) >= 11 is 0. The Labute approximate surface area is 364 Å². The first-order chi connectivity index (χ1) is 31.2. The molecule has 0 N–H and O–H groups in total. The third kappa shape index (κ3) is 6.42. The zero-order chi connectivity index (χ0) is 41.7. The molecule has 0 spiro atoms. The van der Waals surface area contributed by atoms with E-state index < -0.39 is 0 Å². The van der Waals surface area contributed by atoms with Gasteiger partial charge in [-0.15, -0.1) is 0 Å². The summed E-state index contributed by atoms with van der Waals surface area (Å²) in [6.07, 6.45) is 0. The summed E-state index contributed by atoms with van der Waals surface area (Å²) in [5, 5.41) is 5.90. The van der Waals surface area contributed by atoms with E-state index in [0.29, 0.717) is 17.5 Å². The Morgan fingerprint density at radius 3 is 1.43 bits per heavy atom. The monoisotopic (exact) mass is 803 g/mol. The van der Waals surface area contributed by atoms with E-state index in [4.69, 9.17) is 19.9 Å². The Morgan fingerprint density at radius 2 is 0.746 bits per heavy atom. The van der Waals surface area contributed by atoms with Gasteiger partial charge in [0.1, 0.15) is 0 Å². The largest absolute Gasteiger partial charge is 0.309 e. The predicted molar refractivity (Wildman–Crippen MR) is 260 cm³/mol. The maximum Gasteiger partial charge on any atom is 0.164 e. The van der Waals surface area contributed by atoms with Crippen molar-refractivity contribution in [2.45, 2.75) is 0 Å². The fourth-order valence-electron chi connectivity index (χ4n) is 9.10. The third-order valence-electron chi connectivity index (χ3n) is 12.0. The minimum atomic E-state index is 0.612. The highest BCUT2D eigenvalue weighted by molar-refractivity contribution is 6.17. The first kappa shape index (κ1) is 36.3. The molecule has 5 nitrogen and oxygen atoms in total. The van der Waals surface area contributed by atoms with E-state index in [2.05, 4.69) is 205 Å². The van der Waals surface area contributed by atoms with Crippen molar-refractivity contribution in [2.24, 2.45) is 0 Å². The number of rotatable bonds is 7. The summed E-state index contributed by atoms with van der Waals surface area (Å²) in [5.41, 5.74) is 13.6. The van der Waals surface area contributed by atoms with Gasteiger partial charge in [0.2, 0.25) is 0 Å². The zero-order valence-electron chi connectivity index (χ0n) is 34.1. The number of benzene rings is 9. The summed E-state index contributed by atoms with van der Waals surface area (Å²) in [6.45, 7) is 0. The number of pyridine rings is 1. The van der Waals surface area contributed by atoms with Crippen LogP contribution in [-0.4, -0.2) is 24.5 Å². The summed E-state index contributed by atoms with van der Waals surface area (Å²) in [5.74, 6) is 1.85. The predicted octanol–water partition coefficient (Wildman–Crippen LogP) is 14.7. The van der Waals surface area contributed by atoms with Crippen molar-refractivity contribution in [3.8, 4) is 73.4 Å². The summed E-state index contributed by atoms with van der Waals surface area (Å²) in [4.78, 5) is 20.6. The van der Waals surface area contributed by atoms with Gasteiger partial charge in [0.25, 0.3) is 0 Å². The average Bonchev–Trinajstić information content (AvgIpc) is 3.71. The van der Waals surface area contributed by atoms with Crippen molar-refractivity contribution in [1.29, 1.82) is 0 Å². The van der Waals surface area contributed by atoms with Gasteiger partial charge in [-0.2, -0.15) is 0 Å². The van der Waals surface area contributed by atoms with Gasteiger partial charge in [-0.1, -0.05) is 182 Å². The van der Waals surface area contributed by atoms with E-state index in [1.807, 2.05) is 24.3 Å². The normalized spacial score (nSPS) is 11.5. The van der Waals surface area contributed by atoms with E-state index in [1.165, 1.54) is 21.7 Å². The number of nitrogens with zero attached hydrogens (tertiary/aromatic N) is 5. The van der Waals surface area contributed by atoms with Crippen LogP contribution in [0.4, 0.5) is 0 Å². The Balaban J connectivity index is 0.973. The highest BCUT2D eigenvalue weighted by atomic mass is 15.0. The lowest BCUT2D eigenvalue weighted by Gasteiger charge is -2.15. The van der Waals surface area contributed by atoms with Crippen molar-refractivity contribution in [1.82, 2.24) is 24.5 Å². The van der Waals surface area contributed by atoms with Crippen LogP contribution in [0.15, 0.2) is 224 Å². The maximum atomic E-state index is 5.21. The maximum absolute atomic E-state index is 5.21. The van der Waals surface area contributed by atoms with Crippen molar-refractivity contribution < 1.29 is 0 Å². The fraction of sp³-hybridized carbons (Fsp3) is 0. The van der Waals surface area contributed by atoms with E-state index in [1.54, 1.807) is 0 Å². The molecule has 63 heavy (non-hydrogen) atoms. The van der Waals surface area contributed by atoms with Crippen molar-refractivity contribution >= 4 is 43.5 Å². The summed E-state index contributed by atoms with van der Waals surface area (Å²) < 4.78 is 2.33. The smallest absolute Gasteiger partial charge is 0.164 e. The molecule has 0 atom stereocenters. The molecule has 12 aromatic rings. The molecule has 0 radical (unpaired) electrons. The Bertz CT molecular complexity index is 3630. The van der Waals surface area contributed by atoms with Crippen molar-refractivity contribution in [2.75, 3.05) is 0 Å². The molecule has 0 unspecified atom stereocenters. The zero-order valence-corrected chi connectivity index (χ0v) is 34.1. The fourth-order valence-corrected chi connectivity index (χ4v) is 9.10. The van der Waals surface area contributed by atoms with Gasteiger partial charge in [-0.05, 0) is 64.7 Å². The standard InChI is InChI=1S/C58H37N5/c1-3-17-38(18-4-1)55-50-31-16-30-46(54(50)49-29-7-10-32-51(49)59-55)42-23-13-21-40(35-42)41-22-14-24-43(36-41)57-60-56(39-19-5-2-6-20-39)61-58(62-57)44-25-15-26-45(37-44)63-52-33-11-8-27-47(52)48-28-9-12-34-53(48)63/h1-37H. The molecular formula is C58H37N5. The molecule has 0 bridgehead atoms. The van der Waals surface area contributed by atoms with E-state index in [0.717, 1.165) is 77.6 Å². The minimum Gasteiger partial charge on any atom is -0.309 e. The van der Waals surface area contributed by atoms with Crippen LogP contribution in [0.25, 0.3) is 117 Å². The lowest BCUT2D eigenvalue weighted by molar-refractivity contribution is 1.07. The Hall–Kier alpha value is -8.54. The van der Waals surface area contributed by atoms with Crippen LogP contribution in [0, 0.1) is 0 Å². The summed E-state index contributed by atoms with van der Waals surface area (Å²) in [7, 11) is 0. The van der Waals surface area contributed by atoms with Gasteiger partial charge in [0.05, 0.1) is 22.2 Å². The first-order valence-electron chi connectivity index (χ1n) is 21.2. The second-order valence-electron chi connectivity index (χ2n) is 15.8. The molecule has 5 heteroatoms. The molecule has 0 saturated carbocycles. The van der Waals surface area contributed by atoms with Crippen LogP contribution in [-0.2, 0) is 0 Å². The molecule has 0 saturated heterocycles. The van der Waals surface area contributed by atoms with Crippen LogP contribution in [0.1, 0.15) is 0 Å². The topological polar surface area (TPSA) is 56.5 Å². The molecule has 0 amide bonds. The van der Waals surface area contributed by atoms with Crippen LogP contribution < -0.4 is 0 Å². The van der Waals surface area contributed by atoms with Gasteiger partial charge in [0.15, 0.2) is 17.5 Å². The molecule has 3 heterocycles. The third-order valence-corrected chi connectivity index (χ3v) is 12.0. The molecule has 294 valence electrons. The van der Waals surface area contributed by atoms with Crippen LogP contribution in [0.3, 0.4) is 0 Å². The Morgan fingerprint density at radius 1 is 0.286 bits per heavy atom. The van der Waals surface area contributed by atoms with E-state index >= 15 is 0 Å². The van der Waals surface area contributed by atoms with Crippen LogP contribution in [0.5, 0.6) is 0 Å². The number of fused-ring (bicyclic) bond motifs is 6. The number of hydrogen-bond acceptors (Lipinski definition) is 4. The highest BCUT2D eigenvalue weighted by Crippen LogP contribution is 2.40. The van der Waals surface area contributed by atoms with Crippen molar-refractivity contribution in [3.63, 3.8) is 0 Å². The number of para-hydroxylation sites is 3. The second-order valence-corrected chi connectivity index (χ2v) is 15.8. The SMILES string of the molecule is c1ccc(-c2nc(-c3cccc(-c4cccc(-c5cccc6c(-c7ccccc7)nc7ccccc7c56)c4)c3)nc(-c3cccc(-n4c5ccccc5c5ccccc54)c3)n2)cc1. The Kier molecular flexibility index (Phi) is 8.75. The van der Waals surface area contributed by atoms with Gasteiger partial charge < -0.3 is 4.57 Å². The van der Waals surface area contributed by atoms with Crippen LogP contribution >= 0.6 is 0 Å². The summed E-state index contributed by atoms with van der Waals surface area (Å²) in [6, 6.07) is 78.7. The molecular weight excluding hydrogens is 767 g/mol. The number of hydrogen-bond donors (Lipinski definition) is 0. The molecule has 0 aliphatic carbocycles. The van der Waals surface area contributed by atoms with Gasteiger partial charge in [-0.3, -0.25) is 0 Å². The molecule has 0 aliphatic rings. The average molecular weight is 804 g/mol. The quantitative estimate of drug-likeness (QED) is 0.151. The van der Waals surface area contributed by atoms with Gasteiger partial charge in [-0.25, -0.2) is 19.9 Å². The molecule has 12 rings (SSSR count).